The summed E-state index contributed by atoms with van der Waals surface area (Å²) in [5.74, 6) is -0.612. The largest absolute Gasteiger partial charge is 0.394 e. The molecule has 0 fully saturated rings. The van der Waals surface area contributed by atoms with Crippen LogP contribution < -0.4 is 5.32 Å². The van der Waals surface area contributed by atoms with E-state index in [1.54, 1.807) is 0 Å². The van der Waals surface area contributed by atoms with E-state index in [1.807, 2.05) is 0 Å². The second kappa shape index (κ2) is 32.2. The Kier molecular flexibility index (Phi) is 31.3. The van der Waals surface area contributed by atoms with Crippen molar-refractivity contribution < 1.29 is 25.2 Å². The van der Waals surface area contributed by atoms with Gasteiger partial charge in [0.05, 0.1) is 18.8 Å². The molecular weight excluding hydrogens is 538 g/mol. The Morgan fingerprint density at radius 3 is 1.40 bits per heavy atom. The topological polar surface area (TPSA) is 110 Å². The molecule has 0 saturated carbocycles. The van der Waals surface area contributed by atoms with Crippen LogP contribution in [0.1, 0.15) is 174 Å². The lowest BCUT2D eigenvalue weighted by Crippen LogP contribution is -2.53. The number of rotatable bonds is 32. The van der Waals surface area contributed by atoms with Crippen LogP contribution in [0.25, 0.3) is 0 Å². The molecule has 0 radical (unpaired) electrons. The number of aliphatic hydroxyl groups excluding tert-OH is 4. The van der Waals surface area contributed by atoms with Crippen LogP contribution in [0.3, 0.4) is 0 Å². The highest BCUT2D eigenvalue weighted by atomic mass is 16.3. The van der Waals surface area contributed by atoms with E-state index in [1.165, 1.54) is 103 Å². The summed E-state index contributed by atoms with van der Waals surface area (Å²) < 4.78 is 0. The molecule has 4 unspecified atom stereocenters. The second-order valence-electron chi connectivity index (χ2n) is 12.6. The van der Waals surface area contributed by atoms with Gasteiger partial charge in [-0.25, -0.2) is 0 Å². The summed E-state index contributed by atoms with van der Waals surface area (Å²) in [6.45, 7) is 3.99. The van der Waals surface area contributed by atoms with Gasteiger partial charge in [-0.1, -0.05) is 134 Å². The number of aliphatic hydroxyl groups is 4. The molecule has 0 heterocycles. The van der Waals surface area contributed by atoms with Crippen LogP contribution >= 0.6 is 0 Å². The number of allylic oxidation sites excluding steroid dienone is 4. The van der Waals surface area contributed by atoms with E-state index in [2.05, 4.69) is 43.5 Å². The first-order chi connectivity index (χ1) is 21.0. The fourth-order valence-corrected chi connectivity index (χ4v) is 5.40. The third-order valence-electron chi connectivity index (χ3n) is 8.38. The van der Waals surface area contributed by atoms with Gasteiger partial charge in [0, 0.05) is 0 Å². The molecule has 0 spiro atoms. The summed E-state index contributed by atoms with van der Waals surface area (Å²) in [7, 11) is 0. The van der Waals surface area contributed by atoms with Gasteiger partial charge in [-0.2, -0.15) is 0 Å². The molecular formula is C37H71NO5. The number of hydrogen-bond acceptors (Lipinski definition) is 5. The Labute approximate surface area is 265 Å². The average molecular weight is 610 g/mol. The third-order valence-corrected chi connectivity index (χ3v) is 8.38. The monoisotopic (exact) mass is 610 g/mol. The molecule has 5 N–H and O–H groups in total. The lowest BCUT2D eigenvalue weighted by atomic mass is 10.00. The highest BCUT2D eigenvalue weighted by Crippen LogP contribution is 2.13. The van der Waals surface area contributed by atoms with E-state index >= 15 is 0 Å². The van der Waals surface area contributed by atoms with E-state index in [9.17, 15) is 25.2 Å². The molecule has 0 bridgehead atoms. The zero-order valence-electron chi connectivity index (χ0n) is 28.2. The minimum Gasteiger partial charge on any atom is -0.394 e. The Hall–Kier alpha value is -1.21. The summed E-state index contributed by atoms with van der Waals surface area (Å²) in [5.41, 5.74) is 0. The van der Waals surface area contributed by atoms with Crippen LogP contribution in [0, 0.1) is 0 Å². The fourth-order valence-electron chi connectivity index (χ4n) is 5.40. The van der Waals surface area contributed by atoms with Crippen molar-refractivity contribution in [1.29, 1.82) is 0 Å². The molecule has 0 rings (SSSR count). The van der Waals surface area contributed by atoms with Crippen molar-refractivity contribution in [2.45, 2.75) is 199 Å². The molecule has 0 aromatic carbocycles. The molecule has 0 aliphatic carbocycles. The van der Waals surface area contributed by atoms with Crippen molar-refractivity contribution in [3.8, 4) is 0 Å². The predicted octanol–water partition coefficient (Wildman–Crippen LogP) is 8.45. The van der Waals surface area contributed by atoms with Crippen LogP contribution in [-0.2, 0) is 4.79 Å². The number of hydrogen-bond donors (Lipinski definition) is 5. The van der Waals surface area contributed by atoms with Crippen molar-refractivity contribution in [2.75, 3.05) is 6.61 Å². The third kappa shape index (κ3) is 26.9. The van der Waals surface area contributed by atoms with Gasteiger partial charge in [-0.3, -0.25) is 4.79 Å². The number of amides is 1. The van der Waals surface area contributed by atoms with E-state index in [4.69, 9.17) is 0 Å². The van der Waals surface area contributed by atoms with Crippen molar-refractivity contribution in [2.24, 2.45) is 0 Å². The molecule has 0 aromatic rings. The number of carbonyl (C=O) groups is 1. The quantitative estimate of drug-likeness (QED) is 0.0388. The van der Waals surface area contributed by atoms with Gasteiger partial charge < -0.3 is 25.7 Å². The van der Waals surface area contributed by atoms with Gasteiger partial charge in [0.25, 0.3) is 0 Å². The lowest BCUT2D eigenvalue weighted by molar-refractivity contribution is -0.132. The van der Waals surface area contributed by atoms with Gasteiger partial charge in [0.1, 0.15) is 12.2 Å². The number of nitrogens with one attached hydrogen (secondary N) is 1. The van der Waals surface area contributed by atoms with Gasteiger partial charge in [-0.15, -0.1) is 0 Å². The van der Waals surface area contributed by atoms with E-state index in [0.29, 0.717) is 12.8 Å². The van der Waals surface area contributed by atoms with E-state index in [-0.39, 0.29) is 0 Å². The molecule has 254 valence electrons. The SMILES string of the molecule is CCCCCCCC/C=C\CCCCC(O)C(=O)NC(CO)C(O)C(O)CCC/C=C/CCCCCCCCCCCC. The zero-order chi connectivity index (χ0) is 31.8. The predicted molar refractivity (Wildman–Crippen MR) is 182 cm³/mol. The van der Waals surface area contributed by atoms with Gasteiger partial charge in [-0.05, 0) is 64.2 Å². The van der Waals surface area contributed by atoms with E-state index < -0.39 is 36.9 Å². The highest BCUT2D eigenvalue weighted by Gasteiger charge is 2.28. The molecule has 0 aromatic heterocycles. The summed E-state index contributed by atoms with van der Waals surface area (Å²) in [5, 5.41) is 43.3. The first-order valence-corrected chi connectivity index (χ1v) is 18.2. The Morgan fingerprint density at radius 1 is 0.558 bits per heavy atom. The first kappa shape index (κ1) is 41.8. The minimum atomic E-state index is -1.28. The molecule has 1 amide bonds. The second-order valence-corrected chi connectivity index (χ2v) is 12.6. The number of unbranched alkanes of at least 4 members (excludes halogenated alkanes) is 19. The van der Waals surface area contributed by atoms with Crippen molar-refractivity contribution in [3.63, 3.8) is 0 Å². The maximum atomic E-state index is 12.4. The minimum absolute atomic E-state index is 0.333. The summed E-state index contributed by atoms with van der Waals surface area (Å²) in [4.78, 5) is 12.4. The fraction of sp³-hybridized carbons (Fsp3) is 0.865. The average Bonchev–Trinajstić information content (AvgIpc) is 3.01. The molecule has 0 saturated heterocycles. The maximum Gasteiger partial charge on any atom is 0.249 e. The zero-order valence-corrected chi connectivity index (χ0v) is 28.2. The van der Waals surface area contributed by atoms with Crippen molar-refractivity contribution >= 4 is 5.91 Å². The molecule has 6 heteroatoms. The Balaban J connectivity index is 3.91. The Morgan fingerprint density at radius 2 is 0.953 bits per heavy atom. The van der Waals surface area contributed by atoms with Gasteiger partial charge in [0.2, 0.25) is 5.91 Å². The molecule has 43 heavy (non-hydrogen) atoms. The van der Waals surface area contributed by atoms with Crippen LogP contribution in [0.4, 0.5) is 0 Å². The summed E-state index contributed by atoms with van der Waals surface area (Å²) in [6.07, 6.45) is 33.4. The van der Waals surface area contributed by atoms with Crippen LogP contribution in [0.15, 0.2) is 24.3 Å². The normalized spacial score (nSPS) is 14.8. The number of carbonyl (C=O) groups excluding carboxylic acids is 1. The van der Waals surface area contributed by atoms with Crippen LogP contribution in [-0.4, -0.2) is 57.3 Å². The smallest absolute Gasteiger partial charge is 0.249 e. The Bertz CT molecular complexity index is 653. The summed E-state index contributed by atoms with van der Waals surface area (Å²) in [6, 6.07) is -1.01. The van der Waals surface area contributed by atoms with Gasteiger partial charge in [0.15, 0.2) is 0 Å². The summed E-state index contributed by atoms with van der Waals surface area (Å²) >= 11 is 0. The highest BCUT2D eigenvalue weighted by molar-refractivity contribution is 5.80. The first-order valence-electron chi connectivity index (χ1n) is 18.2. The molecule has 6 nitrogen and oxygen atoms in total. The van der Waals surface area contributed by atoms with Crippen molar-refractivity contribution in [1.82, 2.24) is 5.32 Å². The maximum absolute atomic E-state index is 12.4. The molecule has 4 atom stereocenters. The molecule has 0 aliphatic heterocycles. The molecule has 0 aliphatic rings. The van der Waals surface area contributed by atoms with Crippen LogP contribution in [0.5, 0.6) is 0 Å². The standard InChI is InChI=1S/C37H71NO5/c1-3-5-7-9-11-13-15-17-18-19-21-22-24-26-28-30-34(40)36(42)33(32-39)38-37(43)35(41)31-29-27-25-23-20-16-14-12-10-8-6-4-2/h20,22-24,33-36,39-42H,3-19,21,25-32H2,1-2H3,(H,38,43)/b23-20-,24-22+. The van der Waals surface area contributed by atoms with Crippen molar-refractivity contribution in [3.05, 3.63) is 24.3 Å². The van der Waals surface area contributed by atoms with Gasteiger partial charge >= 0.3 is 0 Å². The van der Waals surface area contributed by atoms with Crippen LogP contribution in [0.2, 0.25) is 0 Å². The lowest BCUT2D eigenvalue weighted by Gasteiger charge is -2.27. The van der Waals surface area contributed by atoms with E-state index in [0.717, 1.165) is 44.9 Å².